The van der Waals surface area contributed by atoms with E-state index < -0.39 is 17.6 Å². The number of amides is 1. The number of likely N-dealkylation sites (tertiary alicyclic amines) is 1. The normalized spacial score (nSPS) is 31.3. The van der Waals surface area contributed by atoms with E-state index in [2.05, 4.69) is 0 Å². The number of aliphatic carboxylic acids is 1. The summed E-state index contributed by atoms with van der Waals surface area (Å²) in [5.74, 6) is -1.19. The molecule has 2 rings (SSSR count). The number of ether oxygens (including phenoxy) is 1. The Bertz CT molecular complexity index is 352. The van der Waals surface area contributed by atoms with Gasteiger partial charge in [0.1, 0.15) is 6.04 Å². The molecule has 0 aromatic heterocycles. The Kier molecular flexibility index (Phi) is 3.59. The van der Waals surface area contributed by atoms with Crippen molar-refractivity contribution in [2.45, 2.75) is 37.8 Å². The molecule has 18 heavy (non-hydrogen) atoms. The molecule has 2 heterocycles. The van der Waals surface area contributed by atoms with Crippen molar-refractivity contribution >= 4 is 11.9 Å². The molecule has 2 unspecified atom stereocenters. The number of carbonyl (C=O) groups excluding carboxylic acids is 1. The molecule has 0 spiro atoms. The van der Waals surface area contributed by atoms with E-state index in [1.54, 1.807) is 0 Å². The molecular weight excluding hydrogens is 236 g/mol. The SMILES string of the molecule is CC1CCN(C(=O)C2(N)CCOCC2)C1C(=O)O. The average molecular weight is 256 g/mol. The van der Waals surface area contributed by atoms with Gasteiger partial charge >= 0.3 is 5.97 Å². The van der Waals surface area contributed by atoms with Gasteiger partial charge in [-0.1, -0.05) is 6.92 Å². The molecule has 2 fully saturated rings. The minimum absolute atomic E-state index is 0.0186. The zero-order chi connectivity index (χ0) is 13.3. The molecule has 0 saturated carbocycles. The van der Waals surface area contributed by atoms with Gasteiger partial charge in [0.05, 0.1) is 5.54 Å². The minimum Gasteiger partial charge on any atom is -0.480 e. The van der Waals surface area contributed by atoms with Gasteiger partial charge in [-0.05, 0) is 25.2 Å². The van der Waals surface area contributed by atoms with Crippen LogP contribution < -0.4 is 5.73 Å². The van der Waals surface area contributed by atoms with Gasteiger partial charge in [0.25, 0.3) is 0 Å². The van der Waals surface area contributed by atoms with Crippen LogP contribution >= 0.6 is 0 Å². The lowest BCUT2D eigenvalue weighted by Gasteiger charge is -2.37. The van der Waals surface area contributed by atoms with E-state index in [1.165, 1.54) is 4.90 Å². The summed E-state index contributed by atoms with van der Waals surface area (Å²) in [5.41, 5.74) is 5.18. The number of carbonyl (C=O) groups is 2. The van der Waals surface area contributed by atoms with Crippen molar-refractivity contribution in [3.05, 3.63) is 0 Å². The van der Waals surface area contributed by atoms with Crippen molar-refractivity contribution in [1.82, 2.24) is 4.90 Å². The van der Waals surface area contributed by atoms with Crippen LogP contribution in [0.4, 0.5) is 0 Å². The fourth-order valence-corrected chi connectivity index (χ4v) is 2.79. The Morgan fingerprint density at radius 3 is 2.56 bits per heavy atom. The lowest BCUT2D eigenvalue weighted by Crippen LogP contribution is -2.60. The highest BCUT2D eigenvalue weighted by Crippen LogP contribution is 2.29. The first-order valence-electron chi connectivity index (χ1n) is 6.36. The summed E-state index contributed by atoms with van der Waals surface area (Å²) in [4.78, 5) is 25.2. The van der Waals surface area contributed by atoms with Crippen LogP contribution in [0.2, 0.25) is 0 Å². The zero-order valence-corrected chi connectivity index (χ0v) is 10.6. The van der Waals surface area contributed by atoms with Crippen molar-refractivity contribution < 1.29 is 19.4 Å². The van der Waals surface area contributed by atoms with Crippen LogP contribution in [0.3, 0.4) is 0 Å². The Hall–Kier alpha value is -1.14. The number of rotatable bonds is 2. The first-order valence-corrected chi connectivity index (χ1v) is 6.36. The summed E-state index contributed by atoms with van der Waals surface area (Å²) in [5, 5.41) is 9.23. The molecule has 2 saturated heterocycles. The van der Waals surface area contributed by atoms with Gasteiger partial charge in [-0.15, -0.1) is 0 Å². The summed E-state index contributed by atoms with van der Waals surface area (Å²) >= 11 is 0. The fourth-order valence-electron chi connectivity index (χ4n) is 2.79. The van der Waals surface area contributed by atoms with Crippen LogP contribution in [0.15, 0.2) is 0 Å². The third-order valence-electron chi connectivity index (χ3n) is 4.02. The average Bonchev–Trinajstić information content (AvgIpc) is 2.71. The highest BCUT2D eigenvalue weighted by Gasteiger charge is 2.46. The maximum absolute atomic E-state index is 12.5. The first-order chi connectivity index (χ1) is 8.46. The molecule has 0 radical (unpaired) electrons. The molecule has 6 heteroatoms. The summed E-state index contributed by atoms with van der Waals surface area (Å²) in [7, 11) is 0. The third kappa shape index (κ3) is 2.22. The van der Waals surface area contributed by atoms with E-state index in [4.69, 9.17) is 10.5 Å². The molecule has 0 aromatic carbocycles. The Morgan fingerprint density at radius 1 is 1.39 bits per heavy atom. The summed E-state index contributed by atoms with van der Waals surface area (Å²) in [6.07, 6.45) is 1.64. The number of carboxylic acid groups (broad SMARTS) is 1. The van der Waals surface area contributed by atoms with Crippen molar-refractivity contribution in [2.24, 2.45) is 11.7 Å². The zero-order valence-electron chi connectivity index (χ0n) is 10.6. The van der Waals surface area contributed by atoms with E-state index in [-0.39, 0.29) is 11.8 Å². The van der Waals surface area contributed by atoms with Crippen LogP contribution in [0.25, 0.3) is 0 Å². The lowest BCUT2D eigenvalue weighted by atomic mass is 9.89. The Morgan fingerprint density at radius 2 is 2.00 bits per heavy atom. The topological polar surface area (TPSA) is 92.9 Å². The van der Waals surface area contributed by atoms with E-state index in [9.17, 15) is 14.7 Å². The van der Waals surface area contributed by atoms with Crippen molar-refractivity contribution in [3.63, 3.8) is 0 Å². The molecule has 3 N–H and O–H groups in total. The van der Waals surface area contributed by atoms with E-state index >= 15 is 0 Å². The van der Waals surface area contributed by atoms with E-state index in [0.717, 1.165) is 6.42 Å². The molecule has 1 amide bonds. The first kappa shape index (κ1) is 13.3. The van der Waals surface area contributed by atoms with Gasteiger partial charge in [0.2, 0.25) is 5.91 Å². The van der Waals surface area contributed by atoms with Gasteiger partial charge < -0.3 is 20.5 Å². The van der Waals surface area contributed by atoms with Gasteiger partial charge in [-0.2, -0.15) is 0 Å². The second-order valence-electron chi connectivity index (χ2n) is 5.32. The molecule has 2 atom stereocenters. The van der Waals surface area contributed by atoms with Gasteiger partial charge in [-0.25, -0.2) is 4.79 Å². The number of nitrogens with two attached hydrogens (primary N) is 1. The van der Waals surface area contributed by atoms with Crippen LogP contribution in [0.1, 0.15) is 26.2 Å². The Balaban J connectivity index is 2.15. The van der Waals surface area contributed by atoms with Crippen LogP contribution in [-0.2, 0) is 14.3 Å². The standard InChI is InChI=1S/C12H20N2O4/c1-8-2-5-14(9(8)10(15)16)11(17)12(13)3-6-18-7-4-12/h8-9H,2-7,13H2,1H3,(H,15,16). The number of hydrogen-bond donors (Lipinski definition) is 2. The molecular formula is C12H20N2O4. The van der Waals surface area contributed by atoms with E-state index in [1.807, 2.05) is 6.92 Å². The molecule has 2 aliphatic rings. The van der Waals surface area contributed by atoms with Crippen molar-refractivity contribution in [1.29, 1.82) is 0 Å². The summed E-state index contributed by atoms with van der Waals surface area (Å²) in [6, 6.07) is -0.735. The molecule has 0 bridgehead atoms. The highest BCUT2D eigenvalue weighted by molar-refractivity contribution is 5.90. The van der Waals surface area contributed by atoms with Gasteiger partial charge in [0, 0.05) is 19.8 Å². The molecule has 102 valence electrons. The Labute approximate surface area is 106 Å². The predicted octanol–water partition coefficient (Wildman–Crippen LogP) is -0.184. The molecule has 0 aliphatic carbocycles. The van der Waals surface area contributed by atoms with E-state index in [0.29, 0.717) is 32.6 Å². The number of nitrogens with zero attached hydrogens (tertiary/aromatic N) is 1. The van der Waals surface area contributed by atoms with Gasteiger partial charge in [0.15, 0.2) is 0 Å². The second kappa shape index (κ2) is 4.85. The highest BCUT2D eigenvalue weighted by atomic mass is 16.5. The maximum Gasteiger partial charge on any atom is 0.326 e. The second-order valence-corrected chi connectivity index (χ2v) is 5.32. The van der Waals surface area contributed by atoms with Crippen LogP contribution in [0.5, 0.6) is 0 Å². The fraction of sp³-hybridized carbons (Fsp3) is 0.833. The lowest BCUT2D eigenvalue weighted by molar-refractivity contribution is -0.153. The number of hydrogen-bond acceptors (Lipinski definition) is 4. The summed E-state index contributed by atoms with van der Waals surface area (Å²) < 4.78 is 5.21. The number of carboxylic acids is 1. The maximum atomic E-state index is 12.5. The predicted molar refractivity (Wildman–Crippen MR) is 63.9 cm³/mol. The molecule has 0 aromatic rings. The van der Waals surface area contributed by atoms with Crippen molar-refractivity contribution in [3.8, 4) is 0 Å². The minimum atomic E-state index is -0.948. The monoisotopic (exact) mass is 256 g/mol. The summed E-state index contributed by atoms with van der Waals surface area (Å²) in [6.45, 7) is 3.27. The van der Waals surface area contributed by atoms with Crippen LogP contribution in [0, 0.1) is 5.92 Å². The van der Waals surface area contributed by atoms with Crippen LogP contribution in [-0.4, -0.2) is 53.2 Å². The smallest absolute Gasteiger partial charge is 0.326 e. The molecule has 2 aliphatic heterocycles. The largest absolute Gasteiger partial charge is 0.480 e. The van der Waals surface area contributed by atoms with Crippen molar-refractivity contribution in [2.75, 3.05) is 19.8 Å². The molecule has 6 nitrogen and oxygen atoms in total. The quantitative estimate of drug-likeness (QED) is 0.714. The third-order valence-corrected chi connectivity index (χ3v) is 4.02. The van der Waals surface area contributed by atoms with Gasteiger partial charge in [-0.3, -0.25) is 4.79 Å².